The topological polar surface area (TPSA) is 99.0 Å². The second-order valence-corrected chi connectivity index (χ2v) is 7.93. The van der Waals surface area contributed by atoms with Crippen molar-refractivity contribution in [3.8, 4) is 11.5 Å². The van der Waals surface area contributed by atoms with E-state index in [9.17, 15) is 22.9 Å². The van der Waals surface area contributed by atoms with Crippen LogP contribution in [0.4, 0.5) is 10.1 Å². The Hall–Kier alpha value is -2.27. The molecule has 144 valence electrons. The monoisotopic (exact) mass is 416 g/mol. The van der Waals surface area contributed by atoms with E-state index < -0.39 is 26.5 Å². The van der Waals surface area contributed by atoms with Crippen molar-refractivity contribution in [2.24, 2.45) is 0 Å². The largest absolute Gasteiger partial charge is 0.449 e. The van der Waals surface area contributed by atoms with Gasteiger partial charge in [0.1, 0.15) is 11.6 Å². The van der Waals surface area contributed by atoms with Crippen LogP contribution in [-0.4, -0.2) is 43.9 Å². The third-order valence-electron chi connectivity index (χ3n) is 3.85. The van der Waals surface area contributed by atoms with Crippen LogP contribution in [0.1, 0.15) is 0 Å². The van der Waals surface area contributed by atoms with E-state index >= 15 is 0 Å². The van der Waals surface area contributed by atoms with Gasteiger partial charge in [-0.15, -0.1) is 0 Å². The highest BCUT2D eigenvalue weighted by Gasteiger charge is 2.29. The van der Waals surface area contributed by atoms with Crippen LogP contribution in [0.25, 0.3) is 0 Å². The summed E-state index contributed by atoms with van der Waals surface area (Å²) in [6.07, 6.45) is 0. The van der Waals surface area contributed by atoms with Gasteiger partial charge in [0.2, 0.25) is 15.8 Å². The molecule has 1 saturated heterocycles. The lowest BCUT2D eigenvalue weighted by molar-refractivity contribution is -0.385. The maximum atomic E-state index is 13.1. The minimum absolute atomic E-state index is 0.00459. The summed E-state index contributed by atoms with van der Waals surface area (Å²) in [5, 5.41) is 11.3. The van der Waals surface area contributed by atoms with Gasteiger partial charge in [-0.2, -0.15) is 4.31 Å². The lowest BCUT2D eigenvalue weighted by atomic mass is 10.3. The molecule has 1 fully saturated rings. The molecule has 0 unspecified atom stereocenters. The highest BCUT2D eigenvalue weighted by Crippen LogP contribution is 2.37. The van der Waals surface area contributed by atoms with Crippen molar-refractivity contribution < 1.29 is 27.2 Å². The molecule has 11 heteroatoms. The Morgan fingerprint density at radius 2 is 1.81 bits per heavy atom. The van der Waals surface area contributed by atoms with Gasteiger partial charge in [-0.25, -0.2) is 12.8 Å². The summed E-state index contributed by atoms with van der Waals surface area (Å²) >= 11 is 5.87. The first-order valence-corrected chi connectivity index (χ1v) is 9.60. The Bertz CT molecular complexity index is 979. The number of sulfonamides is 1. The summed E-state index contributed by atoms with van der Waals surface area (Å²) in [5.41, 5.74) is -0.551. The summed E-state index contributed by atoms with van der Waals surface area (Å²) in [5.74, 6) is -0.798. The number of hydrogen-bond acceptors (Lipinski definition) is 6. The van der Waals surface area contributed by atoms with Crippen LogP contribution in [0.5, 0.6) is 11.5 Å². The Morgan fingerprint density at radius 1 is 1.15 bits per heavy atom. The molecule has 0 aliphatic carbocycles. The summed E-state index contributed by atoms with van der Waals surface area (Å²) in [6.45, 7) is 0.844. The molecule has 0 bridgehead atoms. The zero-order valence-electron chi connectivity index (χ0n) is 13.8. The maximum absolute atomic E-state index is 13.1. The molecule has 0 spiro atoms. The summed E-state index contributed by atoms with van der Waals surface area (Å²) in [6, 6.07) is 6.62. The number of rotatable bonds is 5. The fourth-order valence-electron chi connectivity index (χ4n) is 2.50. The van der Waals surface area contributed by atoms with E-state index in [2.05, 4.69) is 0 Å². The molecule has 8 nitrogen and oxygen atoms in total. The minimum atomic E-state index is -3.90. The van der Waals surface area contributed by atoms with Gasteiger partial charge in [-0.3, -0.25) is 10.1 Å². The summed E-state index contributed by atoms with van der Waals surface area (Å²) in [4.78, 5) is 10.4. The molecule has 0 saturated carbocycles. The molecule has 0 aromatic heterocycles. The average molecular weight is 417 g/mol. The van der Waals surface area contributed by atoms with E-state index in [1.807, 2.05) is 0 Å². The number of halogens is 2. The Balaban J connectivity index is 1.96. The fraction of sp³-hybridized carbons (Fsp3) is 0.250. The van der Waals surface area contributed by atoms with Gasteiger partial charge in [-0.1, -0.05) is 11.6 Å². The number of ether oxygens (including phenoxy) is 2. The molecule has 2 aromatic rings. The lowest BCUT2D eigenvalue weighted by Crippen LogP contribution is -2.40. The SMILES string of the molecule is O=[N+]([O-])c1cc(S(=O)(=O)N2CCOCC2)ccc1Oc1ccc(F)cc1Cl. The predicted octanol–water partition coefficient (Wildman–Crippen LogP) is 3.20. The molecule has 1 heterocycles. The minimum Gasteiger partial charge on any atom is -0.449 e. The second-order valence-electron chi connectivity index (χ2n) is 5.58. The van der Waals surface area contributed by atoms with Crippen LogP contribution in [0.2, 0.25) is 5.02 Å². The zero-order chi connectivity index (χ0) is 19.6. The number of morpholine rings is 1. The first-order valence-electron chi connectivity index (χ1n) is 7.78. The molecular weight excluding hydrogens is 403 g/mol. The molecule has 0 N–H and O–H groups in total. The maximum Gasteiger partial charge on any atom is 0.312 e. The average Bonchev–Trinajstić information content (AvgIpc) is 2.64. The van der Waals surface area contributed by atoms with Gasteiger partial charge in [0.15, 0.2) is 0 Å². The van der Waals surface area contributed by atoms with E-state index in [0.717, 1.165) is 18.2 Å². The third-order valence-corrected chi connectivity index (χ3v) is 6.04. The molecule has 0 radical (unpaired) electrons. The smallest absolute Gasteiger partial charge is 0.312 e. The van der Waals surface area contributed by atoms with Crippen molar-refractivity contribution in [3.63, 3.8) is 0 Å². The van der Waals surface area contributed by atoms with Crippen molar-refractivity contribution in [2.75, 3.05) is 26.3 Å². The molecule has 1 aliphatic heterocycles. The Kier molecular flexibility index (Phi) is 5.61. The fourth-order valence-corrected chi connectivity index (χ4v) is 4.13. The van der Waals surface area contributed by atoms with Gasteiger partial charge in [0.05, 0.1) is 28.1 Å². The highest BCUT2D eigenvalue weighted by atomic mass is 35.5. The lowest BCUT2D eigenvalue weighted by Gasteiger charge is -2.26. The summed E-state index contributed by atoms with van der Waals surface area (Å²) in [7, 11) is -3.90. The number of nitro groups is 1. The molecule has 3 rings (SSSR count). The van der Waals surface area contributed by atoms with Crippen LogP contribution < -0.4 is 4.74 Å². The normalized spacial score (nSPS) is 15.5. The van der Waals surface area contributed by atoms with Crippen LogP contribution in [0, 0.1) is 15.9 Å². The van der Waals surface area contributed by atoms with E-state index in [1.54, 1.807) is 0 Å². The number of benzene rings is 2. The second kappa shape index (κ2) is 7.77. The first kappa shape index (κ1) is 19.5. The highest BCUT2D eigenvalue weighted by molar-refractivity contribution is 7.89. The van der Waals surface area contributed by atoms with Gasteiger partial charge in [0.25, 0.3) is 0 Å². The van der Waals surface area contributed by atoms with Crippen LogP contribution >= 0.6 is 11.6 Å². The molecule has 2 aromatic carbocycles. The molecule has 27 heavy (non-hydrogen) atoms. The predicted molar refractivity (Wildman–Crippen MR) is 94.2 cm³/mol. The molecular formula is C16H14ClFN2O6S. The van der Waals surface area contributed by atoms with Crippen molar-refractivity contribution in [3.05, 3.63) is 57.4 Å². The molecule has 1 aliphatic rings. The number of nitro benzene ring substituents is 1. The van der Waals surface area contributed by atoms with E-state index in [-0.39, 0.29) is 47.7 Å². The Morgan fingerprint density at radius 3 is 2.44 bits per heavy atom. The van der Waals surface area contributed by atoms with Crippen LogP contribution in [0.15, 0.2) is 41.3 Å². The van der Waals surface area contributed by atoms with Crippen LogP contribution in [0.3, 0.4) is 0 Å². The van der Waals surface area contributed by atoms with Gasteiger partial charge in [0, 0.05) is 19.2 Å². The number of hydrogen-bond donors (Lipinski definition) is 0. The van der Waals surface area contributed by atoms with E-state index in [0.29, 0.717) is 0 Å². The van der Waals surface area contributed by atoms with Crippen molar-refractivity contribution in [1.82, 2.24) is 4.31 Å². The quantitative estimate of drug-likeness (QED) is 0.548. The van der Waals surface area contributed by atoms with Crippen molar-refractivity contribution >= 4 is 27.3 Å². The first-order chi connectivity index (χ1) is 12.8. The Labute approximate surface area is 159 Å². The number of nitrogens with zero attached hydrogens (tertiary/aromatic N) is 2. The molecule has 0 amide bonds. The van der Waals surface area contributed by atoms with Crippen molar-refractivity contribution in [2.45, 2.75) is 4.90 Å². The van der Waals surface area contributed by atoms with E-state index in [4.69, 9.17) is 21.1 Å². The van der Waals surface area contributed by atoms with Crippen molar-refractivity contribution in [1.29, 1.82) is 0 Å². The third kappa shape index (κ3) is 4.19. The molecule has 0 atom stereocenters. The standard InChI is InChI=1S/C16H14ClFN2O6S/c17-13-9-11(18)1-3-15(13)26-16-4-2-12(10-14(16)20(21)22)27(23,24)19-5-7-25-8-6-19/h1-4,9-10H,5-8H2. The summed E-state index contributed by atoms with van der Waals surface area (Å²) < 4.78 is 50.2. The van der Waals surface area contributed by atoms with Gasteiger partial charge < -0.3 is 9.47 Å². The zero-order valence-corrected chi connectivity index (χ0v) is 15.4. The van der Waals surface area contributed by atoms with E-state index in [1.165, 1.54) is 22.5 Å². The van der Waals surface area contributed by atoms with Gasteiger partial charge >= 0.3 is 5.69 Å². The van der Waals surface area contributed by atoms with Crippen LogP contribution in [-0.2, 0) is 14.8 Å². The van der Waals surface area contributed by atoms with Gasteiger partial charge in [-0.05, 0) is 30.3 Å².